The van der Waals surface area contributed by atoms with Crippen LogP contribution < -0.4 is 10.2 Å². The Hall–Kier alpha value is -3.46. The van der Waals surface area contributed by atoms with Crippen LogP contribution in [0.2, 0.25) is 10.0 Å². The molecule has 4 aromatic rings. The molecule has 4 rings (SSSR count). The number of anilines is 1. The highest BCUT2D eigenvalue weighted by molar-refractivity contribution is 7.14. The van der Waals surface area contributed by atoms with Gasteiger partial charge in [-0.2, -0.15) is 5.10 Å². The molecule has 0 bridgehead atoms. The van der Waals surface area contributed by atoms with Crippen molar-refractivity contribution in [2.75, 3.05) is 5.43 Å². The van der Waals surface area contributed by atoms with Crippen LogP contribution in [0.5, 0.6) is 5.75 Å². The Morgan fingerprint density at radius 3 is 2.70 bits per heavy atom. The van der Waals surface area contributed by atoms with Crippen molar-refractivity contribution < 1.29 is 9.66 Å². The fourth-order valence-electron chi connectivity index (χ4n) is 2.86. The number of halogens is 2. The molecule has 0 unspecified atom stereocenters. The lowest BCUT2D eigenvalue weighted by molar-refractivity contribution is -0.384. The van der Waals surface area contributed by atoms with Crippen molar-refractivity contribution in [1.82, 2.24) is 4.98 Å². The zero-order valence-corrected chi connectivity index (χ0v) is 19.3. The van der Waals surface area contributed by atoms with E-state index in [-0.39, 0.29) is 5.69 Å². The first-order chi connectivity index (χ1) is 16.0. The lowest BCUT2D eigenvalue weighted by Gasteiger charge is -2.08. The van der Waals surface area contributed by atoms with Crippen LogP contribution in [0, 0.1) is 10.1 Å². The van der Waals surface area contributed by atoms with Gasteiger partial charge in [-0.05, 0) is 42.0 Å². The summed E-state index contributed by atoms with van der Waals surface area (Å²) >= 11 is 13.5. The Morgan fingerprint density at radius 1 is 1.12 bits per heavy atom. The maximum absolute atomic E-state index is 10.8. The predicted molar refractivity (Wildman–Crippen MR) is 133 cm³/mol. The van der Waals surface area contributed by atoms with Gasteiger partial charge in [-0.15, -0.1) is 11.3 Å². The number of nitrogens with one attached hydrogen (secondary N) is 1. The predicted octanol–water partition coefficient (Wildman–Crippen LogP) is 7.05. The van der Waals surface area contributed by atoms with Gasteiger partial charge in [-0.1, -0.05) is 41.4 Å². The molecule has 0 spiro atoms. The summed E-state index contributed by atoms with van der Waals surface area (Å²) in [5.41, 5.74) is 6.13. The first-order valence-electron chi connectivity index (χ1n) is 9.64. The molecule has 166 valence electrons. The van der Waals surface area contributed by atoms with Gasteiger partial charge in [0.1, 0.15) is 12.4 Å². The van der Waals surface area contributed by atoms with Gasteiger partial charge in [0.15, 0.2) is 0 Å². The van der Waals surface area contributed by atoms with Crippen molar-refractivity contribution in [2.45, 2.75) is 6.61 Å². The molecule has 10 heteroatoms. The molecule has 33 heavy (non-hydrogen) atoms. The first kappa shape index (κ1) is 22.7. The van der Waals surface area contributed by atoms with Crippen molar-refractivity contribution in [1.29, 1.82) is 0 Å². The van der Waals surface area contributed by atoms with Crippen LogP contribution in [0.15, 0.2) is 77.2 Å². The number of nitrogens with zero attached hydrogens (tertiary/aromatic N) is 3. The minimum absolute atomic E-state index is 0.0411. The minimum atomic E-state index is -0.431. The summed E-state index contributed by atoms with van der Waals surface area (Å²) < 4.78 is 5.83. The van der Waals surface area contributed by atoms with Gasteiger partial charge in [-0.3, -0.25) is 15.5 Å². The van der Waals surface area contributed by atoms with E-state index < -0.39 is 4.92 Å². The molecule has 1 N–H and O–H groups in total. The van der Waals surface area contributed by atoms with E-state index in [9.17, 15) is 10.1 Å². The van der Waals surface area contributed by atoms with Gasteiger partial charge >= 0.3 is 0 Å². The molecule has 0 aliphatic rings. The third-order valence-electron chi connectivity index (χ3n) is 4.52. The molecule has 0 aliphatic carbocycles. The van der Waals surface area contributed by atoms with Crippen LogP contribution in [0.3, 0.4) is 0 Å². The molecule has 1 aromatic heterocycles. The number of thiazole rings is 1. The molecule has 0 atom stereocenters. The molecule has 0 amide bonds. The van der Waals surface area contributed by atoms with Crippen molar-refractivity contribution in [2.24, 2.45) is 5.10 Å². The number of hydrogen-bond acceptors (Lipinski definition) is 7. The zero-order chi connectivity index (χ0) is 23.2. The van der Waals surface area contributed by atoms with E-state index in [1.54, 1.807) is 30.5 Å². The SMILES string of the molecule is O=[N+]([O-])c1ccc(-c2csc(N/N=C\c3cccc(OCc4ccc(Cl)cc4Cl)c3)n2)cc1. The average molecular weight is 499 g/mol. The maximum Gasteiger partial charge on any atom is 0.269 e. The standard InChI is InChI=1S/C23H16Cl2N4O3S/c24-18-7-4-17(21(25)11-18)13-32-20-3-1-2-15(10-20)12-26-28-23-27-22(14-33-23)16-5-8-19(9-6-16)29(30)31/h1-12,14H,13H2,(H,27,28)/b26-12-. The van der Waals surface area contributed by atoms with Gasteiger partial charge in [-0.25, -0.2) is 4.98 Å². The highest BCUT2D eigenvalue weighted by Crippen LogP contribution is 2.27. The van der Waals surface area contributed by atoms with Crippen LogP contribution in [0.1, 0.15) is 11.1 Å². The van der Waals surface area contributed by atoms with E-state index in [1.165, 1.54) is 23.5 Å². The minimum Gasteiger partial charge on any atom is -0.489 e. The van der Waals surface area contributed by atoms with Crippen molar-refractivity contribution in [3.8, 4) is 17.0 Å². The first-order valence-corrected chi connectivity index (χ1v) is 11.3. The lowest BCUT2D eigenvalue weighted by atomic mass is 10.1. The number of rotatable bonds is 8. The fraction of sp³-hybridized carbons (Fsp3) is 0.0435. The molecule has 0 fully saturated rings. The van der Waals surface area contributed by atoms with Gasteiger partial charge in [0.25, 0.3) is 5.69 Å². The summed E-state index contributed by atoms with van der Waals surface area (Å²) in [6.45, 7) is 0.319. The zero-order valence-electron chi connectivity index (χ0n) is 16.9. The molecule has 1 heterocycles. The Balaban J connectivity index is 1.35. The number of nitro benzene ring substituents is 1. The van der Waals surface area contributed by atoms with Gasteiger partial charge in [0, 0.05) is 38.7 Å². The smallest absolute Gasteiger partial charge is 0.269 e. The van der Waals surface area contributed by atoms with Crippen LogP contribution in [-0.4, -0.2) is 16.1 Å². The highest BCUT2D eigenvalue weighted by atomic mass is 35.5. The normalized spacial score (nSPS) is 11.0. The molecule has 3 aromatic carbocycles. The van der Waals surface area contributed by atoms with Crippen molar-refractivity contribution >= 4 is 51.6 Å². The second kappa shape index (κ2) is 10.4. The number of non-ortho nitro benzene ring substituents is 1. The number of aromatic nitrogens is 1. The van der Waals surface area contributed by atoms with Crippen molar-refractivity contribution in [3.63, 3.8) is 0 Å². The molecule has 0 aliphatic heterocycles. The summed E-state index contributed by atoms with van der Waals surface area (Å²) in [6.07, 6.45) is 1.66. The van der Waals surface area contributed by atoms with E-state index in [2.05, 4.69) is 15.5 Å². The molecular weight excluding hydrogens is 483 g/mol. The molecule has 7 nitrogen and oxygen atoms in total. The number of hydrazone groups is 1. The quantitative estimate of drug-likeness (QED) is 0.159. The van der Waals surface area contributed by atoms with E-state index >= 15 is 0 Å². The second-order valence-electron chi connectivity index (χ2n) is 6.81. The van der Waals surface area contributed by atoms with Crippen LogP contribution in [0.25, 0.3) is 11.3 Å². The van der Waals surface area contributed by atoms with Crippen LogP contribution in [0.4, 0.5) is 10.8 Å². The number of ether oxygens (including phenoxy) is 1. The monoisotopic (exact) mass is 498 g/mol. The van der Waals surface area contributed by atoms with E-state index in [1.807, 2.05) is 35.7 Å². The summed E-state index contributed by atoms with van der Waals surface area (Å²) in [6, 6.07) is 19.0. The summed E-state index contributed by atoms with van der Waals surface area (Å²) in [5.74, 6) is 0.680. The third kappa shape index (κ3) is 6.07. The maximum atomic E-state index is 10.8. The number of nitro groups is 1. The fourth-order valence-corrected chi connectivity index (χ4v) is 3.99. The Labute approximate surface area is 203 Å². The molecular formula is C23H16Cl2N4O3S. The van der Waals surface area contributed by atoms with Gasteiger partial charge in [0.05, 0.1) is 16.8 Å². The topological polar surface area (TPSA) is 89.7 Å². The molecule has 0 radical (unpaired) electrons. The van der Waals surface area contributed by atoms with E-state index in [4.69, 9.17) is 27.9 Å². The summed E-state index contributed by atoms with van der Waals surface area (Å²) in [7, 11) is 0. The number of benzene rings is 3. The highest BCUT2D eigenvalue weighted by Gasteiger charge is 2.08. The van der Waals surface area contributed by atoms with Gasteiger partial charge < -0.3 is 4.74 Å². The van der Waals surface area contributed by atoms with Crippen molar-refractivity contribution in [3.05, 3.63) is 103 Å². The summed E-state index contributed by atoms with van der Waals surface area (Å²) in [5, 5.41) is 18.6. The molecule has 0 saturated carbocycles. The third-order valence-corrected chi connectivity index (χ3v) is 5.85. The van der Waals surface area contributed by atoms with Crippen LogP contribution >= 0.6 is 34.5 Å². The van der Waals surface area contributed by atoms with Crippen LogP contribution in [-0.2, 0) is 6.61 Å². The average Bonchev–Trinajstić information content (AvgIpc) is 3.28. The largest absolute Gasteiger partial charge is 0.489 e. The Morgan fingerprint density at radius 2 is 1.94 bits per heavy atom. The summed E-state index contributed by atoms with van der Waals surface area (Å²) in [4.78, 5) is 14.8. The second-order valence-corrected chi connectivity index (χ2v) is 8.51. The lowest BCUT2D eigenvalue weighted by Crippen LogP contribution is -1.97. The Kier molecular flexibility index (Phi) is 7.19. The number of hydrogen-bond donors (Lipinski definition) is 1. The van der Waals surface area contributed by atoms with E-state index in [0.717, 1.165) is 16.7 Å². The van der Waals surface area contributed by atoms with E-state index in [0.29, 0.717) is 33.2 Å². The molecule has 0 saturated heterocycles. The van der Waals surface area contributed by atoms with Gasteiger partial charge in [0.2, 0.25) is 5.13 Å². The Bertz CT molecular complexity index is 1310.